The summed E-state index contributed by atoms with van der Waals surface area (Å²) >= 11 is 0. The van der Waals surface area contributed by atoms with E-state index in [2.05, 4.69) is 0 Å². The number of nitro benzene ring substituents is 1. The van der Waals surface area contributed by atoms with Crippen molar-refractivity contribution >= 4 is 17.4 Å². The van der Waals surface area contributed by atoms with E-state index in [4.69, 9.17) is 0 Å². The standard InChI is InChI=1S/C21H21NO5/c1-14(21(20(24)25)12-2-3-13-21)19(23)17-6-4-15(5-7-17)16-8-10-18(11-9-16)22(26)27/h4-11,14H,2-3,12-13H2,1H3,(H,24,25). The fourth-order valence-electron chi connectivity index (χ4n) is 3.94. The number of carboxylic acids is 1. The van der Waals surface area contributed by atoms with Crippen LogP contribution in [0.25, 0.3) is 11.1 Å². The zero-order valence-corrected chi connectivity index (χ0v) is 15.1. The van der Waals surface area contributed by atoms with Crippen LogP contribution >= 0.6 is 0 Å². The number of carbonyl (C=O) groups excluding carboxylic acids is 1. The van der Waals surface area contributed by atoms with Gasteiger partial charge in [0.05, 0.1) is 10.3 Å². The summed E-state index contributed by atoms with van der Waals surface area (Å²) in [6.45, 7) is 1.71. The van der Waals surface area contributed by atoms with E-state index in [1.54, 1.807) is 43.3 Å². The van der Waals surface area contributed by atoms with Gasteiger partial charge in [0.25, 0.3) is 5.69 Å². The molecule has 3 rings (SSSR count). The molecule has 0 saturated heterocycles. The number of carboxylic acid groups (broad SMARTS) is 1. The summed E-state index contributed by atoms with van der Waals surface area (Å²) in [6, 6.07) is 13.2. The quantitative estimate of drug-likeness (QED) is 0.452. The Labute approximate surface area is 157 Å². The third-order valence-electron chi connectivity index (χ3n) is 5.72. The monoisotopic (exact) mass is 367 g/mol. The molecule has 0 heterocycles. The fraction of sp³-hybridized carbons (Fsp3) is 0.333. The highest BCUT2D eigenvalue weighted by Gasteiger charge is 2.48. The Balaban J connectivity index is 1.81. The fourth-order valence-corrected chi connectivity index (χ4v) is 3.94. The minimum Gasteiger partial charge on any atom is -0.481 e. The first kappa shape index (κ1) is 18.8. The Morgan fingerprint density at radius 3 is 1.93 bits per heavy atom. The summed E-state index contributed by atoms with van der Waals surface area (Å²) < 4.78 is 0. The first-order chi connectivity index (χ1) is 12.8. The van der Waals surface area contributed by atoms with Gasteiger partial charge in [0, 0.05) is 23.6 Å². The van der Waals surface area contributed by atoms with Crippen molar-refractivity contribution in [2.75, 3.05) is 0 Å². The molecule has 1 N–H and O–H groups in total. The molecule has 1 unspecified atom stereocenters. The Bertz CT molecular complexity index is 864. The number of ketones is 1. The van der Waals surface area contributed by atoms with Crippen LogP contribution in [0, 0.1) is 21.4 Å². The average molecular weight is 367 g/mol. The molecule has 140 valence electrons. The minimum atomic E-state index is -0.964. The highest BCUT2D eigenvalue weighted by molar-refractivity contribution is 6.01. The third-order valence-corrected chi connectivity index (χ3v) is 5.72. The third kappa shape index (κ3) is 3.47. The van der Waals surface area contributed by atoms with Crippen molar-refractivity contribution in [1.29, 1.82) is 0 Å². The van der Waals surface area contributed by atoms with Crippen molar-refractivity contribution in [3.63, 3.8) is 0 Å². The summed E-state index contributed by atoms with van der Waals surface area (Å²) in [6.07, 6.45) is 2.75. The van der Waals surface area contributed by atoms with Crippen molar-refractivity contribution < 1.29 is 19.6 Å². The molecule has 1 fully saturated rings. The van der Waals surface area contributed by atoms with E-state index in [-0.39, 0.29) is 11.5 Å². The number of benzene rings is 2. The van der Waals surface area contributed by atoms with Gasteiger partial charge in [0.1, 0.15) is 0 Å². The van der Waals surface area contributed by atoms with Crippen molar-refractivity contribution in [2.45, 2.75) is 32.6 Å². The summed E-state index contributed by atoms with van der Waals surface area (Å²) in [5.41, 5.74) is 1.19. The van der Waals surface area contributed by atoms with Gasteiger partial charge in [-0.2, -0.15) is 0 Å². The molecule has 1 atom stereocenters. The van der Waals surface area contributed by atoms with Gasteiger partial charge in [-0.25, -0.2) is 0 Å². The Morgan fingerprint density at radius 2 is 1.48 bits per heavy atom. The van der Waals surface area contributed by atoms with E-state index >= 15 is 0 Å². The van der Waals surface area contributed by atoms with E-state index in [1.807, 2.05) is 0 Å². The predicted molar refractivity (Wildman–Crippen MR) is 101 cm³/mol. The number of aliphatic carboxylic acids is 1. The predicted octanol–water partition coefficient (Wildman–Crippen LogP) is 4.73. The van der Waals surface area contributed by atoms with E-state index in [0.717, 1.165) is 24.0 Å². The van der Waals surface area contributed by atoms with Gasteiger partial charge >= 0.3 is 5.97 Å². The van der Waals surface area contributed by atoms with E-state index in [9.17, 15) is 24.8 Å². The van der Waals surface area contributed by atoms with E-state index < -0.39 is 22.2 Å². The maximum atomic E-state index is 12.9. The second-order valence-corrected chi connectivity index (χ2v) is 7.14. The zero-order chi connectivity index (χ0) is 19.6. The molecular formula is C21H21NO5. The molecule has 1 aliphatic carbocycles. The van der Waals surface area contributed by atoms with Crippen LogP contribution in [-0.4, -0.2) is 21.8 Å². The molecule has 2 aromatic carbocycles. The van der Waals surface area contributed by atoms with Crippen LogP contribution in [0.1, 0.15) is 43.0 Å². The molecule has 0 aliphatic heterocycles. The van der Waals surface area contributed by atoms with Gasteiger partial charge in [0.2, 0.25) is 0 Å². The molecule has 0 aromatic heterocycles. The van der Waals surface area contributed by atoms with Crippen LogP contribution in [0.4, 0.5) is 5.69 Å². The lowest BCUT2D eigenvalue weighted by Gasteiger charge is -2.30. The first-order valence-electron chi connectivity index (χ1n) is 8.98. The Hall–Kier alpha value is -3.02. The molecule has 6 nitrogen and oxygen atoms in total. The summed E-state index contributed by atoms with van der Waals surface area (Å²) in [7, 11) is 0. The van der Waals surface area contributed by atoms with E-state index in [1.165, 1.54) is 12.1 Å². The maximum absolute atomic E-state index is 12.9. The van der Waals surface area contributed by atoms with Crippen molar-refractivity contribution in [3.05, 3.63) is 64.2 Å². The van der Waals surface area contributed by atoms with Crippen molar-refractivity contribution in [3.8, 4) is 11.1 Å². The van der Waals surface area contributed by atoms with Crippen LogP contribution in [0.3, 0.4) is 0 Å². The molecular weight excluding hydrogens is 346 g/mol. The van der Waals surface area contributed by atoms with Gasteiger partial charge in [-0.1, -0.05) is 44.0 Å². The number of nitrogens with zero attached hydrogens (tertiary/aromatic N) is 1. The average Bonchev–Trinajstić information content (AvgIpc) is 3.18. The zero-order valence-electron chi connectivity index (χ0n) is 15.1. The lowest BCUT2D eigenvalue weighted by molar-refractivity contribution is -0.384. The van der Waals surface area contributed by atoms with Gasteiger partial charge in [-0.3, -0.25) is 19.7 Å². The molecule has 6 heteroatoms. The molecule has 0 bridgehead atoms. The number of non-ortho nitro benzene ring substituents is 1. The van der Waals surface area contributed by atoms with Gasteiger partial charge in [-0.15, -0.1) is 0 Å². The molecule has 1 aliphatic rings. The first-order valence-corrected chi connectivity index (χ1v) is 8.98. The summed E-state index contributed by atoms with van der Waals surface area (Å²) in [5.74, 6) is -1.62. The number of hydrogen-bond acceptors (Lipinski definition) is 4. The lowest BCUT2D eigenvalue weighted by atomic mass is 9.71. The van der Waals surface area contributed by atoms with Crippen LogP contribution in [0.5, 0.6) is 0 Å². The molecule has 2 aromatic rings. The van der Waals surface area contributed by atoms with Crippen LogP contribution in [0.2, 0.25) is 0 Å². The summed E-state index contributed by atoms with van der Waals surface area (Å²) in [4.78, 5) is 35.0. The molecule has 27 heavy (non-hydrogen) atoms. The smallest absolute Gasteiger partial charge is 0.310 e. The Kier molecular flexibility index (Phi) is 5.08. The highest BCUT2D eigenvalue weighted by atomic mass is 16.6. The number of hydrogen-bond donors (Lipinski definition) is 1. The molecule has 0 amide bonds. The molecule has 1 saturated carbocycles. The number of Topliss-reactive ketones (excluding diaryl/α,β-unsaturated/α-hetero) is 1. The van der Waals surface area contributed by atoms with Crippen molar-refractivity contribution in [2.24, 2.45) is 11.3 Å². The second-order valence-electron chi connectivity index (χ2n) is 7.14. The SMILES string of the molecule is CC(C(=O)c1ccc(-c2ccc([N+](=O)[O-])cc2)cc1)C1(C(=O)O)CCCC1. The minimum absolute atomic E-state index is 0.0231. The van der Waals surface area contributed by atoms with Crippen LogP contribution < -0.4 is 0 Å². The number of carbonyl (C=O) groups is 2. The van der Waals surface area contributed by atoms with Crippen LogP contribution in [0.15, 0.2) is 48.5 Å². The topological polar surface area (TPSA) is 97.5 Å². The van der Waals surface area contributed by atoms with Crippen LogP contribution in [-0.2, 0) is 4.79 Å². The normalized spacial score (nSPS) is 16.6. The molecule has 0 radical (unpaired) electrons. The maximum Gasteiger partial charge on any atom is 0.310 e. The van der Waals surface area contributed by atoms with Gasteiger partial charge in [-0.05, 0) is 36.1 Å². The highest BCUT2D eigenvalue weighted by Crippen LogP contribution is 2.45. The van der Waals surface area contributed by atoms with Crippen molar-refractivity contribution in [1.82, 2.24) is 0 Å². The second kappa shape index (κ2) is 7.31. The largest absolute Gasteiger partial charge is 0.481 e. The summed E-state index contributed by atoms with van der Waals surface area (Å²) in [5, 5.41) is 20.4. The number of rotatable bonds is 6. The lowest BCUT2D eigenvalue weighted by Crippen LogP contribution is -2.39. The van der Waals surface area contributed by atoms with Gasteiger partial charge in [0.15, 0.2) is 5.78 Å². The van der Waals surface area contributed by atoms with E-state index in [0.29, 0.717) is 18.4 Å². The van der Waals surface area contributed by atoms with Gasteiger partial charge < -0.3 is 5.11 Å². The Morgan fingerprint density at radius 1 is 1.00 bits per heavy atom. The number of nitro groups is 1. The molecule has 0 spiro atoms.